The number of aliphatic imine (C=N–C) groups is 1. The number of nitrogens with zero attached hydrogens (tertiary/aromatic N) is 1. The number of hydrogen-bond acceptors (Lipinski definition) is 3. The molecule has 132 valence electrons. The molecule has 6 heteroatoms. The van der Waals surface area contributed by atoms with Gasteiger partial charge in [0.05, 0.1) is 0 Å². The van der Waals surface area contributed by atoms with Gasteiger partial charge in [0, 0.05) is 0 Å². The minimum atomic E-state index is -0.721. The third-order valence-corrected chi connectivity index (χ3v) is 8.63. The van der Waals surface area contributed by atoms with E-state index in [9.17, 15) is 10.0 Å². The summed E-state index contributed by atoms with van der Waals surface area (Å²) in [6.07, 6.45) is 6.21. The number of carboxylic acid groups (broad SMARTS) is 1. The van der Waals surface area contributed by atoms with Crippen LogP contribution in [0, 0.1) is 0 Å². The third-order valence-electron chi connectivity index (χ3n) is 3.75. The Kier molecular flexibility index (Phi) is 11.6. The topological polar surface area (TPSA) is 81.9 Å². The van der Waals surface area contributed by atoms with Gasteiger partial charge in [0.1, 0.15) is 0 Å². The summed E-state index contributed by atoms with van der Waals surface area (Å²) in [5, 5.41) is 18.2. The number of carboxylic acids is 1. The van der Waals surface area contributed by atoms with Gasteiger partial charge in [0.2, 0.25) is 0 Å². The van der Waals surface area contributed by atoms with Crippen LogP contribution in [-0.4, -0.2) is 43.3 Å². The van der Waals surface area contributed by atoms with Gasteiger partial charge < -0.3 is 0 Å². The summed E-state index contributed by atoms with van der Waals surface area (Å²) in [7, 11) is 0. The molecular formula is C18H28N2O3Sn. The van der Waals surface area contributed by atoms with E-state index in [4.69, 9.17) is 5.11 Å². The maximum atomic E-state index is 10.6. The molecule has 0 aromatic heterocycles. The Morgan fingerprint density at radius 3 is 2.62 bits per heavy atom. The Morgan fingerprint density at radius 2 is 2.00 bits per heavy atom. The van der Waals surface area contributed by atoms with Crippen LogP contribution in [-0.2, 0) is 4.79 Å². The van der Waals surface area contributed by atoms with Gasteiger partial charge in [-0.25, -0.2) is 0 Å². The zero-order valence-electron chi connectivity index (χ0n) is 14.4. The molecule has 1 aromatic rings. The first kappa shape index (κ1) is 21.0. The van der Waals surface area contributed by atoms with Crippen LogP contribution in [0.5, 0.6) is 0 Å². The third kappa shape index (κ3) is 9.92. The van der Waals surface area contributed by atoms with Crippen molar-refractivity contribution in [2.24, 2.45) is 4.99 Å². The molecule has 0 spiro atoms. The van der Waals surface area contributed by atoms with Crippen molar-refractivity contribution in [3.8, 4) is 0 Å². The van der Waals surface area contributed by atoms with Crippen LogP contribution < -0.4 is 5.48 Å². The van der Waals surface area contributed by atoms with E-state index in [1.54, 1.807) is 0 Å². The van der Waals surface area contributed by atoms with E-state index in [0.29, 0.717) is 9.77 Å². The van der Waals surface area contributed by atoms with E-state index in [2.05, 4.69) is 17.4 Å². The second kappa shape index (κ2) is 13.2. The van der Waals surface area contributed by atoms with Gasteiger partial charge >= 0.3 is 155 Å². The van der Waals surface area contributed by atoms with Crippen molar-refractivity contribution in [2.45, 2.75) is 60.2 Å². The molecule has 0 saturated heterocycles. The standard InChI is InChI=1S/C14H19N2O3.C4H9.Sn/c17-14(18)11-7-2-1-6-10-13(16-19)15-12-8-4-3-5-9-12;1-3-4-2;/h3-6,8-9,19H,1-2,7,10-11H2,(H,15,16)(H,17,18);1,3-4H2,2H3;. The fraction of sp³-hybridized carbons (Fsp3) is 0.556. The number of benzene rings is 1. The van der Waals surface area contributed by atoms with Crippen molar-refractivity contribution >= 4 is 38.6 Å². The van der Waals surface area contributed by atoms with Gasteiger partial charge in [-0.3, -0.25) is 0 Å². The van der Waals surface area contributed by atoms with E-state index >= 15 is 0 Å². The van der Waals surface area contributed by atoms with Crippen LogP contribution in [0.2, 0.25) is 8.37 Å². The van der Waals surface area contributed by atoms with Gasteiger partial charge in [-0.05, 0) is 0 Å². The molecular weight excluding hydrogens is 411 g/mol. The first-order valence-corrected chi connectivity index (χ1v) is 12.3. The van der Waals surface area contributed by atoms with Crippen LogP contribution in [0.1, 0.15) is 51.9 Å². The summed E-state index contributed by atoms with van der Waals surface area (Å²) in [5.74, 6) is -0.109. The summed E-state index contributed by atoms with van der Waals surface area (Å²) < 4.78 is 1.91. The number of carbonyl (C=O) groups is 1. The second-order valence-corrected chi connectivity index (χ2v) is 10.8. The van der Waals surface area contributed by atoms with Gasteiger partial charge in [-0.2, -0.15) is 0 Å². The van der Waals surface area contributed by atoms with Gasteiger partial charge in [-0.1, -0.05) is 0 Å². The van der Waals surface area contributed by atoms with Crippen molar-refractivity contribution in [3.05, 3.63) is 30.3 Å². The number of nitrogens with one attached hydrogen (secondary N) is 1. The Labute approximate surface area is 154 Å². The van der Waals surface area contributed by atoms with Gasteiger partial charge in [-0.15, -0.1) is 0 Å². The summed E-state index contributed by atoms with van der Waals surface area (Å²) in [6.45, 7) is 2.21. The molecule has 0 saturated carbocycles. The minimum absolute atomic E-state index is 0.246. The molecule has 1 unspecified atom stereocenters. The normalized spacial score (nSPS) is 12.8. The molecule has 0 heterocycles. The van der Waals surface area contributed by atoms with Crippen molar-refractivity contribution < 1.29 is 15.1 Å². The average molecular weight is 439 g/mol. The molecule has 0 aliphatic carbocycles. The fourth-order valence-electron chi connectivity index (χ4n) is 2.43. The molecule has 0 amide bonds. The van der Waals surface area contributed by atoms with Gasteiger partial charge in [0.15, 0.2) is 0 Å². The SMILES string of the molecule is CCC[CH2][Sn][CH](CCCCC(=O)O)CC(=Nc1ccccc1)NO. The molecule has 0 bridgehead atoms. The number of unbranched alkanes of at least 4 members (excludes halogenated alkanes) is 2. The molecule has 0 aliphatic rings. The Hall–Kier alpha value is -1.08. The van der Waals surface area contributed by atoms with E-state index < -0.39 is 27.1 Å². The molecule has 3 N–H and O–H groups in total. The summed E-state index contributed by atoms with van der Waals surface area (Å²) in [5.41, 5.74) is 3.09. The zero-order valence-corrected chi connectivity index (χ0v) is 17.2. The Balaban J connectivity index is 2.59. The summed E-state index contributed by atoms with van der Waals surface area (Å²) in [4.78, 5) is 15.1. The predicted octanol–water partition coefficient (Wildman–Crippen LogP) is 4.44. The van der Waals surface area contributed by atoms with Crippen LogP contribution in [0.4, 0.5) is 5.69 Å². The Bertz CT molecular complexity index is 494. The van der Waals surface area contributed by atoms with Crippen LogP contribution in [0.15, 0.2) is 35.3 Å². The van der Waals surface area contributed by atoms with Crippen molar-refractivity contribution in [1.29, 1.82) is 0 Å². The molecule has 2 radical (unpaired) electrons. The van der Waals surface area contributed by atoms with Crippen LogP contribution in [0.3, 0.4) is 0 Å². The molecule has 5 nitrogen and oxygen atoms in total. The van der Waals surface area contributed by atoms with Crippen LogP contribution >= 0.6 is 0 Å². The number of aliphatic carboxylic acids is 1. The van der Waals surface area contributed by atoms with Crippen molar-refractivity contribution in [2.75, 3.05) is 0 Å². The fourth-order valence-corrected chi connectivity index (χ4v) is 7.32. The number of hydroxylamine groups is 1. The van der Waals surface area contributed by atoms with Gasteiger partial charge in [0.25, 0.3) is 0 Å². The number of para-hydroxylation sites is 1. The number of hydrogen-bond donors (Lipinski definition) is 3. The first-order chi connectivity index (χ1) is 11.7. The zero-order chi connectivity index (χ0) is 17.6. The van der Waals surface area contributed by atoms with Crippen LogP contribution in [0.25, 0.3) is 0 Å². The molecule has 1 rings (SSSR count). The molecule has 0 aliphatic heterocycles. The monoisotopic (exact) mass is 440 g/mol. The van der Waals surface area contributed by atoms with E-state index in [1.165, 1.54) is 17.3 Å². The summed E-state index contributed by atoms with van der Waals surface area (Å²) in [6, 6.07) is 9.62. The molecule has 0 fully saturated rings. The Morgan fingerprint density at radius 1 is 1.25 bits per heavy atom. The van der Waals surface area contributed by atoms with E-state index in [0.717, 1.165) is 31.4 Å². The molecule has 1 atom stereocenters. The quantitative estimate of drug-likeness (QED) is 0.148. The van der Waals surface area contributed by atoms with Crippen molar-refractivity contribution in [1.82, 2.24) is 5.48 Å². The molecule has 1 aromatic carbocycles. The number of amidine groups is 1. The second-order valence-electron chi connectivity index (χ2n) is 5.85. The molecule has 24 heavy (non-hydrogen) atoms. The first-order valence-electron chi connectivity index (χ1n) is 8.63. The average Bonchev–Trinajstić information content (AvgIpc) is 2.58. The predicted molar refractivity (Wildman–Crippen MR) is 98.4 cm³/mol. The number of rotatable bonds is 12. The maximum absolute atomic E-state index is 10.6. The summed E-state index contributed by atoms with van der Waals surface area (Å²) >= 11 is -0.552. The van der Waals surface area contributed by atoms with E-state index in [1.807, 2.05) is 30.3 Å². The van der Waals surface area contributed by atoms with Crippen molar-refractivity contribution in [3.63, 3.8) is 0 Å². The van der Waals surface area contributed by atoms with E-state index in [-0.39, 0.29) is 6.42 Å².